The number of hydrogen-bond donors (Lipinski definition) is 1. The molecule has 6 nitrogen and oxygen atoms in total. The molecule has 2 saturated heterocycles. The van der Waals surface area contributed by atoms with Crippen molar-refractivity contribution in [3.05, 3.63) is 29.8 Å². The number of ether oxygens (including phenoxy) is 1. The normalized spacial score (nSPS) is 22.3. The van der Waals surface area contributed by atoms with Crippen LogP contribution in [0.5, 0.6) is 5.75 Å². The first kappa shape index (κ1) is 19.7. The van der Waals surface area contributed by atoms with Gasteiger partial charge in [-0.15, -0.1) is 0 Å². The largest absolute Gasteiger partial charge is 0.497 e. The van der Waals surface area contributed by atoms with Gasteiger partial charge < -0.3 is 14.7 Å². The summed E-state index contributed by atoms with van der Waals surface area (Å²) in [5, 5.41) is 9.14. The summed E-state index contributed by atoms with van der Waals surface area (Å²) in [6.45, 7) is 2.55. The highest BCUT2D eigenvalue weighted by Crippen LogP contribution is 2.31. The maximum Gasteiger partial charge on any atom is 0.306 e. The minimum Gasteiger partial charge on any atom is -0.497 e. The molecule has 2 aliphatic heterocycles. The Labute approximate surface area is 161 Å². The van der Waals surface area contributed by atoms with E-state index in [1.165, 1.54) is 0 Å². The number of carboxylic acid groups (broad SMARTS) is 1. The van der Waals surface area contributed by atoms with Gasteiger partial charge in [0, 0.05) is 6.54 Å². The van der Waals surface area contributed by atoms with E-state index >= 15 is 0 Å². The lowest BCUT2D eigenvalue weighted by Crippen LogP contribution is -2.45. The number of rotatable bonds is 5. The number of methoxy groups -OCH3 is 1. The molecular formula is C21H30N2O4. The molecule has 0 saturated carbocycles. The summed E-state index contributed by atoms with van der Waals surface area (Å²) in [7, 11) is 1.66. The summed E-state index contributed by atoms with van der Waals surface area (Å²) in [6, 6.07) is 8.16. The summed E-state index contributed by atoms with van der Waals surface area (Å²) < 4.78 is 5.25. The van der Waals surface area contributed by atoms with Crippen molar-refractivity contribution in [2.45, 2.75) is 44.6 Å². The van der Waals surface area contributed by atoms with Crippen LogP contribution in [0.1, 0.15) is 50.1 Å². The van der Waals surface area contributed by atoms with E-state index in [2.05, 4.69) is 17.0 Å². The summed E-state index contributed by atoms with van der Waals surface area (Å²) >= 11 is 0. The average molecular weight is 374 g/mol. The summed E-state index contributed by atoms with van der Waals surface area (Å²) in [4.78, 5) is 28.3. The first-order valence-electron chi connectivity index (χ1n) is 9.97. The second kappa shape index (κ2) is 9.22. The Balaban J connectivity index is 1.65. The van der Waals surface area contributed by atoms with Gasteiger partial charge in [-0.1, -0.05) is 25.0 Å². The third-order valence-electron chi connectivity index (χ3n) is 5.87. The van der Waals surface area contributed by atoms with E-state index in [0.717, 1.165) is 43.5 Å². The molecule has 1 amide bonds. The van der Waals surface area contributed by atoms with Crippen molar-refractivity contribution >= 4 is 11.9 Å². The van der Waals surface area contributed by atoms with Crippen LogP contribution in [0.2, 0.25) is 0 Å². The van der Waals surface area contributed by atoms with Crippen LogP contribution in [-0.2, 0) is 9.59 Å². The standard InChI is InChI=1S/C21H30N2O4/c1-27-18-8-6-16(7-9-18)19-5-3-2-4-12-23(19)20(24)15-22-13-10-17(11-14-22)21(25)26/h6-9,17,19H,2-5,10-15H2,1H3,(H,25,26). The highest BCUT2D eigenvalue weighted by atomic mass is 16.5. The molecule has 1 N–H and O–H groups in total. The molecular weight excluding hydrogens is 344 g/mol. The quantitative estimate of drug-likeness (QED) is 0.858. The molecule has 1 aromatic carbocycles. The first-order chi connectivity index (χ1) is 13.1. The Hall–Kier alpha value is -2.08. The molecule has 1 atom stereocenters. The van der Waals surface area contributed by atoms with E-state index in [0.29, 0.717) is 32.5 Å². The van der Waals surface area contributed by atoms with Crippen LogP contribution < -0.4 is 4.74 Å². The van der Waals surface area contributed by atoms with Gasteiger partial charge in [-0.3, -0.25) is 14.5 Å². The van der Waals surface area contributed by atoms with Crippen molar-refractivity contribution in [2.75, 3.05) is 33.3 Å². The zero-order valence-electron chi connectivity index (χ0n) is 16.1. The molecule has 1 aromatic rings. The van der Waals surface area contributed by atoms with Crippen molar-refractivity contribution in [3.63, 3.8) is 0 Å². The zero-order valence-corrected chi connectivity index (χ0v) is 16.1. The first-order valence-corrected chi connectivity index (χ1v) is 9.97. The Morgan fingerprint density at radius 2 is 1.74 bits per heavy atom. The number of carbonyl (C=O) groups excluding carboxylic acids is 1. The Kier molecular flexibility index (Phi) is 6.72. The molecule has 0 spiro atoms. The Morgan fingerprint density at radius 3 is 2.37 bits per heavy atom. The van der Waals surface area contributed by atoms with Crippen molar-refractivity contribution in [1.82, 2.24) is 9.80 Å². The number of aliphatic carboxylic acids is 1. The van der Waals surface area contributed by atoms with Gasteiger partial charge in [0.05, 0.1) is 25.6 Å². The Morgan fingerprint density at radius 1 is 1.04 bits per heavy atom. The van der Waals surface area contributed by atoms with Crippen molar-refractivity contribution in [3.8, 4) is 5.75 Å². The van der Waals surface area contributed by atoms with E-state index in [4.69, 9.17) is 9.84 Å². The van der Waals surface area contributed by atoms with E-state index < -0.39 is 5.97 Å². The van der Waals surface area contributed by atoms with Gasteiger partial charge in [-0.05, 0) is 56.5 Å². The molecule has 1 unspecified atom stereocenters. The fourth-order valence-electron chi connectivity index (χ4n) is 4.20. The van der Waals surface area contributed by atoms with Gasteiger partial charge in [-0.25, -0.2) is 0 Å². The molecule has 0 aromatic heterocycles. The molecule has 0 bridgehead atoms. The number of carboxylic acids is 1. The molecule has 148 valence electrons. The third kappa shape index (κ3) is 5.01. The third-order valence-corrected chi connectivity index (χ3v) is 5.87. The fourth-order valence-corrected chi connectivity index (χ4v) is 4.20. The lowest BCUT2D eigenvalue weighted by molar-refractivity contribution is -0.143. The number of likely N-dealkylation sites (tertiary alicyclic amines) is 2. The van der Waals surface area contributed by atoms with Crippen LogP contribution in [0.4, 0.5) is 0 Å². The smallest absolute Gasteiger partial charge is 0.306 e. The molecule has 6 heteroatoms. The molecule has 27 heavy (non-hydrogen) atoms. The number of hydrogen-bond acceptors (Lipinski definition) is 4. The Bertz CT molecular complexity index is 638. The van der Waals surface area contributed by atoms with E-state index in [-0.39, 0.29) is 17.9 Å². The van der Waals surface area contributed by atoms with Gasteiger partial charge >= 0.3 is 5.97 Å². The van der Waals surface area contributed by atoms with Gasteiger partial charge in [0.1, 0.15) is 5.75 Å². The lowest BCUT2D eigenvalue weighted by atomic mass is 9.97. The van der Waals surface area contributed by atoms with Gasteiger partial charge in [0.15, 0.2) is 0 Å². The number of amides is 1. The van der Waals surface area contributed by atoms with Crippen LogP contribution in [0.3, 0.4) is 0 Å². The predicted molar refractivity (Wildman–Crippen MR) is 103 cm³/mol. The molecule has 3 rings (SSSR count). The van der Waals surface area contributed by atoms with Gasteiger partial charge in [0.2, 0.25) is 5.91 Å². The van der Waals surface area contributed by atoms with E-state index in [1.54, 1.807) is 7.11 Å². The minimum absolute atomic E-state index is 0.113. The molecule has 2 fully saturated rings. The van der Waals surface area contributed by atoms with Gasteiger partial charge in [-0.2, -0.15) is 0 Å². The average Bonchev–Trinajstić information content (AvgIpc) is 2.94. The van der Waals surface area contributed by atoms with Crippen molar-refractivity contribution < 1.29 is 19.4 Å². The number of carbonyl (C=O) groups is 2. The molecule has 0 radical (unpaired) electrons. The van der Waals surface area contributed by atoms with Crippen LogP contribution in [0.25, 0.3) is 0 Å². The molecule has 0 aliphatic carbocycles. The van der Waals surface area contributed by atoms with Crippen LogP contribution in [0.15, 0.2) is 24.3 Å². The zero-order chi connectivity index (χ0) is 19.2. The summed E-state index contributed by atoms with van der Waals surface area (Å²) in [5.74, 6) is 0.00712. The highest BCUT2D eigenvalue weighted by molar-refractivity contribution is 5.79. The SMILES string of the molecule is COc1ccc(C2CCCCCN2C(=O)CN2CCC(C(=O)O)CC2)cc1. The maximum absolute atomic E-state index is 13.1. The maximum atomic E-state index is 13.1. The lowest BCUT2D eigenvalue weighted by Gasteiger charge is -2.35. The summed E-state index contributed by atoms with van der Waals surface area (Å²) in [5.41, 5.74) is 1.16. The second-order valence-corrected chi connectivity index (χ2v) is 7.61. The molecule has 2 aliphatic rings. The second-order valence-electron chi connectivity index (χ2n) is 7.61. The van der Waals surface area contributed by atoms with Crippen LogP contribution in [-0.4, -0.2) is 60.1 Å². The summed E-state index contributed by atoms with van der Waals surface area (Å²) in [6.07, 6.45) is 5.57. The van der Waals surface area contributed by atoms with Crippen LogP contribution in [0, 0.1) is 5.92 Å². The minimum atomic E-state index is -0.715. The highest BCUT2D eigenvalue weighted by Gasteiger charge is 2.30. The van der Waals surface area contributed by atoms with E-state index in [9.17, 15) is 9.59 Å². The topological polar surface area (TPSA) is 70.1 Å². The molecule has 2 heterocycles. The van der Waals surface area contributed by atoms with Crippen molar-refractivity contribution in [1.29, 1.82) is 0 Å². The van der Waals surface area contributed by atoms with Gasteiger partial charge in [0.25, 0.3) is 0 Å². The van der Waals surface area contributed by atoms with Crippen molar-refractivity contribution in [2.24, 2.45) is 5.92 Å². The van der Waals surface area contributed by atoms with Crippen LogP contribution >= 0.6 is 0 Å². The van der Waals surface area contributed by atoms with E-state index in [1.807, 2.05) is 17.0 Å². The monoisotopic (exact) mass is 374 g/mol. The fraction of sp³-hybridized carbons (Fsp3) is 0.619. The number of benzene rings is 1. The number of piperidine rings is 1. The predicted octanol–water partition coefficient (Wildman–Crippen LogP) is 2.94. The number of nitrogens with zero attached hydrogens (tertiary/aromatic N) is 2.